The minimum Gasteiger partial charge on any atom is -0.370 e. The van der Waals surface area contributed by atoms with E-state index in [0.717, 1.165) is 68.3 Å². The van der Waals surface area contributed by atoms with Gasteiger partial charge in [-0.3, -0.25) is 19.2 Å². The first-order chi connectivity index (χ1) is 25.0. The molecule has 0 saturated heterocycles. The fraction of sp³-hybridized carbons (Fsp3) is 0.513. The van der Waals surface area contributed by atoms with Gasteiger partial charge in [0, 0.05) is 41.6 Å². The third-order valence-electron chi connectivity index (χ3n) is 9.82. The highest BCUT2D eigenvalue weighted by atomic mass is 35.5. The van der Waals surface area contributed by atoms with Gasteiger partial charge in [0.1, 0.15) is 12.1 Å². The van der Waals surface area contributed by atoms with E-state index in [1.54, 1.807) is 31.2 Å². The number of carbonyl (C=O) groups is 4. The minimum absolute atomic E-state index is 0.0249. The number of halogens is 1. The van der Waals surface area contributed by atoms with Crippen molar-refractivity contribution in [3.63, 3.8) is 0 Å². The molecule has 13 heteroatoms. The maximum atomic E-state index is 14.1. The molecule has 2 aliphatic rings. The van der Waals surface area contributed by atoms with E-state index < -0.39 is 29.8 Å². The van der Waals surface area contributed by atoms with Gasteiger partial charge in [-0.2, -0.15) is 0 Å². The summed E-state index contributed by atoms with van der Waals surface area (Å²) in [6, 6.07) is 12.5. The van der Waals surface area contributed by atoms with Gasteiger partial charge in [0.2, 0.25) is 17.7 Å². The zero-order valence-electron chi connectivity index (χ0n) is 30.4. The molecule has 1 aliphatic carbocycles. The summed E-state index contributed by atoms with van der Waals surface area (Å²) in [7, 11) is 0. The molecule has 1 unspecified atom stereocenters. The van der Waals surface area contributed by atoms with E-state index in [1.807, 2.05) is 31.2 Å². The summed E-state index contributed by atoms with van der Waals surface area (Å²) in [6.07, 6.45) is 8.56. The lowest BCUT2D eigenvalue weighted by Gasteiger charge is -2.34. The SMILES string of the molecule is CCCC[C@H](NC(=O)c1ccc(CN=C(N)N)cc1)C(=O)N[C@@H](C[C@@H](C)C(=O)NCC1=CCNCC1)C(=O)NC1CCCC[C@H]1c1cccc(Cl)c1. The van der Waals surface area contributed by atoms with E-state index in [2.05, 4.69) is 37.7 Å². The van der Waals surface area contributed by atoms with E-state index in [1.165, 1.54) is 0 Å². The Hall–Kier alpha value is -4.42. The standard InChI is InChI=1S/C39H55ClN8O4/c1-3-4-11-33(47-36(50)28-15-13-26(14-16-28)24-45-39(41)42)37(51)48-34(21-25(2)35(49)44-23-27-17-19-43-20-18-27)38(52)46-32-12-6-5-10-31(32)29-8-7-9-30(40)22-29/h7-9,13-17,22,25,31-34,43H,3-6,10-12,18-21,23-24H2,1-2H3,(H,44,49)(H,46,52)(H,47,50)(H,48,51)(H4,41,42,45)/t25-,31+,32?,33+,34+/m1/s1. The molecule has 0 radical (unpaired) electrons. The van der Waals surface area contributed by atoms with Gasteiger partial charge in [-0.25, -0.2) is 4.99 Å². The third-order valence-corrected chi connectivity index (χ3v) is 10.1. The van der Waals surface area contributed by atoms with Crippen molar-refractivity contribution in [2.45, 2.75) is 102 Å². The maximum absolute atomic E-state index is 14.1. The lowest BCUT2D eigenvalue weighted by atomic mass is 9.80. The second kappa shape index (κ2) is 20.6. The number of hydrogen-bond donors (Lipinski definition) is 7. The molecule has 5 atom stereocenters. The fourth-order valence-corrected chi connectivity index (χ4v) is 6.95. The number of guanidine groups is 1. The monoisotopic (exact) mass is 734 g/mol. The van der Waals surface area contributed by atoms with Gasteiger partial charge < -0.3 is 38.1 Å². The highest BCUT2D eigenvalue weighted by Gasteiger charge is 2.34. The predicted molar refractivity (Wildman–Crippen MR) is 206 cm³/mol. The van der Waals surface area contributed by atoms with Crippen molar-refractivity contribution in [3.8, 4) is 0 Å². The molecule has 4 rings (SSSR count). The van der Waals surface area contributed by atoms with Crippen LogP contribution in [0.5, 0.6) is 0 Å². The highest BCUT2D eigenvalue weighted by Crippen LogP contribution is 2.34. The van der Waals surface area contributed by atoms with Crippen molar-refractivity contribution >= 4 is 41.2 Å². The number of amides is 4. The van der Waals surface area contributed by atoms with E-state index in [4.69, 9.17) is 23.1 Å². The average molecular weight is 735 g/mol. The van der Waals surface area contributed by atoms with Crippen molar-refractivity contribution < 1.29 is 19.2 Å². The number of nitrogens with zero attached hydrogens (tertiary/aromatic N) is 1. The number of carbonyl (C=O) groups excluding carboxylic acids is 4. The van der Waals surface area contributed by atoms with Gasteiger partial charge in [0.15, 0.2) is 5.96 Å². The molecule has 4 amide bonds. The molecule has 2 aromatic rings. The second-order valence-corrected chi connectivity index (χ2v) is 14.3. The van der Waals surface area contributed by atoms with Crippen molar-refractivity contribution in [3.05, 3.63) is 81.9 Å². The summed E-state index contributed by atoms with van der Waals surface area (Å²) in [5, 5.41) is 16.0. The van der Waals surface area contributed by atoms with Crippen molar-refractivity contribution in [2.24, 2.45) is 22.4 Å². The van der Waals surface area contributed by atoms with Crippen LogP contribution in [0.2, 0.25) is 5.02 Å². The number of nitrogens with one attached hydrogen (secondary N) is 5. The van der Waals surface area contributed by atoms with E-state index in [-0.39, 0.29) is 42.7 Å². The third kappa shape index (κ3) is 12.7. The van der Waals surface area contributed by atoms with E-state index in [9.17, 15) is 19.2 Å². The lowest BCUT2D eigenvalue weighted by Crippen LogP contribution is -2.56. The van der Waals surface area contributed by atoms with E-state index >= 15 is 0 Å². The van der Waals surface area contributed by atoms with Gasteiger partial charge >= 0.3 is 0 Å². The lowest BCUT2D eigenvalue weighted by molar-refractivity contribution is -0.132. The van der Waals surface area contributed by atoms with Crippen LogP contribution in [0.25, 0.3) is 0 Å². The number of nitrogens with two attached hydrogens (primary N) is 2. The van der Waals surface area contributed by atoms with Gasteiger partial charge in [0.25, 0.3) is 5.91 Å². The molecule has 0 spiro atoms. The van der Waals surface area contributed by atoms with Crippen molar-refractivity contribution in [1.82, 2.24) is 26.6 Å². The Morgan fingerprint density at radius 1 is 0.981 bits per heavy atom. The Labute approximate surface area is 312 Å². The van der Waals surface area contributed by atoms with Crippen LogP contribution in [0.15, 0.2) is 65.2 Å². The normalized spacial score (nSPS) is 18.9. The van der Waals surface area contributed by atoms with Gasteiger partial charge in [0.05, 0.1) is 6.54 Å². The molecule has 2 aromatic carbocycles. The number of benzene rings is 2. The van der Waals surface area contributed by atoms with Gasteiger partial charge in [-0.1, -0.05) is 87.0 Å². The van der Waals surface area contributed by atoms with Crippen LogP contribution in [-0.2, 0) is 20.9 Å². The Kier molecular flexibility index (Phi) is 16.0. The average Bonchev–Trinajstić information content (AvgIpc) is 3.15. The molecule has 0 aromatic heterocycles. The molecule has 9 N–H and O–H groups in total. The Balaban J connectivity index is 1.50. The maximum Gasteiger partial charge on any atom is 0.251 e. The van der Waals surface area contributed by atoms with Crippen LogP contribution in [0.3, 0.4) is 0 Å². The summed E-state index contributed by atoms with van der Waals surface area (Å²) in [5.74, 6) is -1.98. The summed E-state index contributed by atoms with van der Waals surface area (Å²) < 4.78 is 0. The first-order valence-corrected chi connectivity index (χ1v) is 18.9. The number of rotatable bonds is 17. The topological polar surface area (TPSA) is 193 Å². The molecule has 12 nitrogen and oxygen atoms in total. The first-order valence-electron chi connectivity index (χ1n) is 18.5. The van der Waals surface area contributed by atoms with Crippen LogP contribution >= 0.6 is 11.6 Å². The molecule has 1 aliphatic heterocycles. The predicted octanol–water partition coefficient (Wildman–Crippen LogP) is 3.79. The Morgan fingerprint density at radius 2 is 1.75 bits per heavy atom. The van der Waals surface area contributed by atoms with E-state index in [0.29, 0.717) is 30.0 Å². The zero-order chi connectivity index (χ0) is 37.5. The highest BCUT2D eigenvalue weighted by molar-refractivity contribution is 6.30. The van der Waals surface area contributed by atoms with Crippen molar-refractivity contribution in [2.75, 3.05) is 19.6 Å². The molecule has 1 saturated carbocycles. The molecule has 1 heterocycles. The minimum atomic E-state index is -1.01. The van der Waals surface area contributed by atoms with Crippen LogP contribution < -0.4 is 38.1 Å². The smallest absolute Gasteiger partial charge is 0.251 e. The second-order valence-electron chi connectivity index (χ2n) is 13.9. The number of unbranched alkanes of at least 4 members (excludes halogenated alkanes) is 1. The molecule has 0 bridgehead atoms. The Bertz CT molecular complexity index is 1580. The summed E-state index contributed by atoms with van der Waals surface area (Å²) >= 11 is 6.34. The summed E-state index contributed by atoms with van der Waals surface area (Å²) in [4.78, 5) is 58.7. The largest absolute Gasteiger partial charge is 0.370 e. The molecule has 52 heavy (non-hydrogen) atoms. The quantitative estimate of drug-likeness (QED) is 0.0730. The molecular weight excluding hydrogens is 680 g/mol. The molecule has 1 fully saturated rings. The summed E-state index contributed by atoms with van der Waals surface area (Å²) in [6.45, 7) is 6.12. The number of hydrogen-bond acceptors (Lipinski definition) is 6. The van der Waals surface area contributed by atoms with Crippen LogP contribution in [-0.4, -0.2) is 67.3 Å². The first kappa shape index (κ1) is 40.4. The molecular formula is C39H55ClN8O4. The summed E-state index contributed by atoms with van der Waals surface area (Å²) in [5.41, 5.74) is 14.3. The van der Waals surface area contributed by atoms with Crippen LogP contribution in [0.1, 0.15) is 99.0 Å². The number of aliphatic imine (C=N–C) groups is 1. The van der Waals surface area contributed by atoms with Gasteiger partial charge in [-0.05, 0) is 74.0 Å². The Morgan fingerprint density at radius 3 is 2.44 bits per heavy atom. The zero-order valence-corrected chi connectivity index (χ0v) is 31.1. The van der Waals surface area contributed by atoms with Crippen LogP contribution in [0.4, 0.5) is 0 Å². The van der Waals surface area contributed by atoms with Crippen molar-refractivity contribution in [1.29, 1.82) is 0 Å². The fourth-order valence-electron chi connectivity index (χ4n) is 6.76. The van der Waals surface area contributed by atoms with Gasteiger partial charge in [-0.15, -0.1) is 0 Å². The van der Waals surface area contributed by atoms with Crippen LogP contribution in [0, 0.1) is 5.92 Å². The molecule has 282 valence electrons.